The minimum absolute atomic E-state index is 0.0868. The number of carboxylic acids is 1. The van der Waals surface area contributed by atoms with Crippen molar-refractivity contribution in [2.45, 2.75) is 25.8 Å². The minimum Gasteiger partial charge on any atom is -0.481 e. The molecule has 0 fully saturated rings. The van der Waals surface area contributed by atoms with Gasteiger partial charge in [-0.05, 0) is 13.3 Å². The van der Waals surface area contributed by atoms with Crippen LogP contribution in [-0.2, 0) is 15.0 Å². The van der Waals surface area contributed by atoms with Crippen molar-refractivity contribution in [3.05, 3.63) is 0 Å². The zero-order chi connectivity index (χ0) is 12.8. The highest BCUT2D eigenvalue weighted by atomic mass is 32.2. The molecule has 0 aliphatic rings. The molecule has 0 aliphatic heterocycles. The normalized spacial score (nSPS) is 14.0. The van der Waals surface area contributed by atoms with Gasteiger partial charge >= 0.3 is 5.97 Å². The molecule has 1 atom stereocenters. The Morgan fingerprint density at radius 1 is 1.50 bits per heavy atom. The minimum atomic E-state index is -3.67. The fourth-order valence-corrected chi connectivity index (χ4v) is 2.11. The quantitative estimate of drug-likeness (QED) is 0.515. The van der Waals surface area contributed by atoms with E-state index in [4.69, 9.17) is 10.2 Å². The van der Waals surface area contributed by atoms with Gasteiger partial charge in [-0.1, -0.05) is 0 Å². The Hall–Kier alpha value is -0.700. The van der Waals surface area contributed by atoms with Crippen molar-refractivity contribution in [3.63, 3.8) is 0 Å². The van der Waals surface area contributed by atoms with Crippen LogP contribution in [0, 0.1) is 0 Å². The molecule has 96 valence electrons. The molecule has 1 unspecified atom stereocenters. The van der Waals surface area contributed by atoms with Gasteiger partial charge in [-0.2, -0.15) is 17.4 Å². The fraction of sp³-hybridized carbons (Fsp3) is 0.875. The lowest BCUT2D eigenvalue weighted by Gasteiger charge is -2.20. The first-order chi connectivity index (χ1) is 7.29. The van der Waals surface area contributed by atoms with E-state index in [2.05, 4.69) is 4.72 Å². The summed E-state index contributed by atoms with van der Waals surface area (Å²) in [5, 5.41) is 17.0. The van der Waals surface area contributed by atoms with Crippen molar-refractivity contribution >= 4 is 16.2 Å². The zero-order valence-electron chi connectivity index (χ0n) is 9.38. The highest BCUT2D eigenvalue weighted by Gasteiger charge is 2.20. The van der Waals surface area contributed by atoms with Gasteiger partial charge in [-0.25, -0.2) is 0 Å². The predicted molar refractivity (Wildman–Crippen MR) is 58.1 cm³/mol. The molecule has 0 bridgehead atoms. The Labute approximate surface area is 95.2 Å². The Morgan fingerprint density at radius 2 is 2.06 bits per heavy atom. The lowest BCUT2D eigenvalue weighted by molar-refractivity contribution is -0.137. The highest BCUT2D eigenvalue weighted by Crippen LogP contribution is 1.99. The molecular weight excluding hydrogens is 236 g/mol. The van der Waals surface area contributed by atoms with Crippen LogP contribution in [0.25, 0.3) is 0 Å². The lowest BCUT2D eigenvalue weighted by atomic mass is 10.3. The number of nitrogens with zero attached hydrogens (tertiary/aromatic N) is 1. The number of hydrogen-bond donors (Lipinski definition) is 3. The van der Waals surface area contributed by atoms with Gasteiger partial charge in [-0.15, -0.1) is 0 Å². The van der Waals surface area contributed by atoms with Crippen LogP contribution in [0.5, 0.6) is 0 Å². The fourth-order valence-electron chi connectivity index (χ4n) is 0.970. The van der Waals surface area contributed by atoms with Gasteiger partial charge in [0.1, 0.15) is 0 Å². The van der Waals surface area contributed by atoms with E-state index < -0.39 is 16.2 Å². The van der Waals surface area contributed by atoms with E-state index in [-0.39, 0.29) is 25.6 Å². The average Bonchev–Trinajstić information content (AvgIpc) is 2.13. The first kappa shape index (κ1) is 15.3. The predicted octanol–water partition coefficient (Wildman–Crippen LogP) is -1.00. The second-order valence-corrected chi connectivity index (χ2v) is 5.31. The molecule has 0 amide bonds. The summed E-state index contributed by atoms with van der Waals surface area (Å²) in [5.41, 5.74) is 0. The van der Waals surface area contributed by atoms with Crippen LogP contribution in [-0.4, -0.2) is 55.1 Å². The molecule has 0 saturated heterocycles. The van der Waals surface area contributed by atoms with Crippen LogP contribution < -0.4 is 4.72 Å². The van der Waals surface area contributed by atoms with E-state index in [1.54, 1.807) is 6.92 Å². The molecule has 0 spiro atoms. The first-order valence-corrected chi connectivity index (χ1v) is 6.30. The van der Waals surface area contributed by atoms with Crippen molar-refractivity contribution < 1.29 is 23.4 Å². The number of aliphatic hydroxyl groups is 1. The Bertz CT molecular complexity index is 316. The summed E-state index contributed by atoms with van der Waals surface area (Å²) >= 11 is 0. The number of aliphatic hydroxyl groups excluding tert-OH is 1. The van der Waals surface area contributed by atoms with Gasteiger partial charge in [0, 0.05) is 26.2 Å². The third kappa shape index (κ3) is 6.01. The maximum absolute atomic E-state index is 11.6. The molecule has 7 nitrogen and oxygen atoms in total. The maximum Gasteiger partial charge on any atom is 0.304 e. The Balaban J connectivity index is 4.25. The molecule has 0 aromatic heterocycles. The third-order valence-corrected chi connectivity index (χ3v) is 3.67. The summed E-state index contributed by atoms with van der Waals surface area (Å²) in [6.07, 6.45) is 0.0673. The summed E-state index contributed by atoms with van der Waals surface area (Å²) in [5.74, 6) is -1.05. The van der Waals surface area contributed by atoms with Crippen LogP contribution in [0.1, 0.15) is 19.8 Å². The van der Waals surface area contributed by atoms with Crippen LogP contribution in [0.4, 0.5) is 0 Å². The summed E-state index contributed by atoms with van der Waals surface area (Å²) in [6.45, 7) is 1.43. The van der Waals surface area contributed by atoms with Gasteiger partial charge in [-0.3, -0.25) is 4.79 Å². The van der Waals surface area contributed by atoms with Crippen molar-refractivity contribution in [3.8, 4) is 0 Å². The lowest BCUT2D eigenvalue weighted by Crippen LogP contribution is -2.43. The van der Waals surface area contributed by atoms with Gasteiger partial charge in [0.2, 0.25) is 0 Å². The monoisotopic (exact) mass is 254 g/mol. The maximum atomic E-state index is 11.6. The molecule has 0 aliphatic carbocycles. The van der Waals surface area contributed by atoms with E-state index in [0.717, 1.165) is 4.31 Å². The van der Waals surface area contributed by atoms with Crippen LogP contribution in [0.3, 0.4) is 0 Å². The molecule has 16 heavy (non-hydrogen) atoms. The summed E-state index contributed by atoms with van der Waals surface area (Å²) in [7, 11) is -2.37. The standard InChI is InChI=1S/C8H18N2O5S/c1-7(4-6-11)9-16(14,15)10(2)5-3-8(12)13/h7,9,11H,3-6H2,1-2H3,(H,12,13). The molecule has 8 heteroatoms. The molecular formula is C8H18N2O5S. The summed E-state index contributed by atoms with van der Waals surface area (Å²) in [4.78, 5) is 10.3. The van der Waals surface area contributed by atoms with E-state index >= 15 is 0 Å². The van der Waals surface area contributed by atoms with Gasteiger partial charge in [0.25, 0.3) is 10.2 Å². The zero-order valence-corrected chi connectivity index (χ0v) is 10.2. The van der Waals surface area contributed by atoms with Crippen molar-refractivity contribution in [2.75, 3.05) is 20.2 Å². The topological polar surface area (TPSA) is 107 Å². The van der Waals surface area contributed by atoms with Gasteiger partial charge in [0.15, 0.2) is 0 Å². The van der Waals surface area contributed by atoms with Crippen LogP contribution in [0.2, 0.25) is 0 Å². The van der Waals surface area contributed by atoms with E-state index in [9.17, 15) is 13.2 Å². The second kappa shape index (κ2) is 6.79. The Morgan fingerprint density at radius 3 is 2.50 bits per heavy atom. The molecule has 0 heterocycles. The van der Waals surface area contributed by atoms with E-state index in [1.165, 1.54) is 7.05 Å². The second-order valence-electron chi connectivity index (χ2n) is 3.50. The van der Waals surface area contributed by atoms with E-state index in [0.29, 0.717) is 6.42 Å². The average molecular weight is 254 g/mol. The summed E-state index contributed by atoms with van der Waals surface area (Å²) in [6, 6.07) is -0.387. The number of carboxylic acid groups (broad SMARTS) is 1. The number of hydrogen-bond acceptors (Lipinski definition) is 4. The van der Waals surface area contributed by atoms with Crippen molar-refractivity contribution in [2.24, 2.45) is 0 Å². The van der Waals surface area contributed by atoms with E-state index in [1.807, 2.05) is 0 Å². The van der Waals surface area contributed by atoms with Crippen LogP contribution in [0.15, 0.2) is 0 Å². The molecule has 0 aromatic rings. The largest absolute Gasteiger partial charge is 0.481 e. The van der Waals surface area contributed by atoms with Crippen LogP contribution >= 0.6 is 0 Å². The van der Waals surface area contributed by atoms with Crippen molar-refractivity contribution in [1.82, 2.24) is 9.03 Å². The SMILES string of the molecule is CC(CCO)NS(=O)(=O)N(C)CCC(=O)O. The van der Waals surface area contributed by atoms with Gasteiger partial charge < -0.3 is 10.2 Å². The molecule has 3 N–H and O–H groups in total. The molecule has 0 radical (unpaired) electrons. The van der Waals surface area contributed by atoms with Crippen molar-refractivity contribution in [1.29, 1.82) is 0 Å². The molecule has 0 saturated carbocycles. The smallest absolute Gasteiger partial charge is 0.304 e. The molecule has 0 aromatic carbocycles. The number of rotatable bonds is 8. The first-order valence-electron chi connectivity index (χ1n) is 4.86. The molecule has 0 rings (SSSR count). The number of aliphatic carboxylic acids is 1. The van der Waals surface area contributed by atoms with Gasteiger partial charge in [0.05, 0.1) is 6.42 Å². The summed E-state index contributed by atoms with van der Waals surface area (Å²) < 4.78 is 26.4. The Kier molecular flexibility index (Phi) is 6.49. The number of nitrogens with one attached hydrogen (secondary N) is 1. The third-order valence-electron chi connectivity index (χ3n) is 1.96. The highest BCUT2D eigenvalue weighted by molar-refractivity contribution is 7.87. The number of carbonyl (C=O) groups is 1.